The maximum atomic E-state index is 12.2. The molecule has 0 atom stereocenters. The molecule has 1 amide bonds. The highest BCUT2D eigenvalue weighted by atomic mass is 16.1. The van der Waals surface area contributed by atoms with Gasteiger partial charge in [-0.05, 0) is 36.5 Å². The zero-order chi connectivity index (χ0) is 13.6. The van der Waals surface area contributed by atoms with E-state index >= 15 is 0 Å². The zero-order valence-electron chi connectivity index (χ0n) is 10.8. The average molecular weight is 256 g/mol. The van der Waals surface area contributed by atoms with Gasteiger partial charge in [0.1, 0.15) is 5.69 Å². The van der Waals surface area contributed by atoms with Crippen molar-refractivity contribution in [1.82, 2.24) is 4.57 Å². The summed E-state index contributed by atoms with van der Waals surface area (Å²) in [6, 6.07) is 6.18. The lowest BCUT2D eigenvalue weighted by atomic mass is 9.91. The lowest BCUT2D eigenvalue weighted by molar-refractivity contribution is 0.0994. The van der Waals surface area contributed by atoms with Crippen LogP contribution in [0.3, 0.4) is 0 Å². The van der Waals surface area contributed by atoms with Gasteiger partial charge in [0.25, 0.3) is 5.91 Å². The van der Waals surface area contributed by atoms with E-state index in [1.54, 1.807) is 0 Å². The van der Waals surface area contributed by atoms with Crippen molar-refractivity contribution in [3.63, 3.8) is 0 Å². The van der Waals surface area contributed by atoms with Gasteiger partial charge in [-0.15, -0.1) is 0 Å². The van der Waals surface area contributed by atoms with Crippen molar-refractivity contribution in [2.45, 2.75) is 19.3 Å². The van der Waals surface area contributed by atoms with Crippen molar-refractivity contribution >= 4 is 22.8 Å². The van der Waals surface area contributed by atoms with Crippen molar-refractivity contribution in [1.29, 1.82) is 0 Å². The molecule has 1 aromatic heterocycles. The minimum atomic E-state index is -0.360. The molecule has 0 saturated heterocycles. The van der Waals surface area contributed by atoms with Crippen LogP contribution in [0.5, 0.6) is 0 Å². The molecule has 19 heavy (non-hydrogen) atoms. The second-order valence-electron chi connectivity index (χ2n) is 4.89. The van der Waals surface area contributed by atoms with Gasteiger partial charge in [-0.1, -0.05) is 12.1 Å². The molecule has 3 rings (SSSR count). The molecule has 98 valence electrons. The van der Waals surface area contributed by atoms with E-state index in [1.165, 1.54) is 10.9 Å². The molecule has 0 saturated carbocycles. The van der Waals surface area contributed by atoms with Gasteiger partial charge in [0.15, 0.2) is 5.96 Å². The van der Waals surface area contributed by atoms with Crippen LogP contribution in [0.4, 0.5) is 0 Å². The average Bonchev–Trinajstić information content (AvgIpc) is 2.65. The summed E-state index contributed by atoms with van der Waals surface area (Å²) < 4.78 is 1.90. The molecule has 0 aliphatic heterocycles. The number of carbonyl (C=O) groups excluding carboxylic acids is 1. The van der Waals surface area contributed by atoms with Crippen molar-refractivity contribution in [2.24, 2.45) is 23.5 Å². The fourth-order valence-electron chi connectivity index (χ4n) is 3.01. The van der Waals surface area contributed by atoms with Crippen molar-refractivity contribution in [2.75, 3.05) is 0 Å². The zero-order valence-corrected chi connectivity index (χ0v) is 10.8. The minimum Gasteiger partial charge on any atom is -0.370 e. The highest BCUT2D eigenvalue weighted by Crippen LogP contribution is 2.34. The van der Waals surface area contributed by atoms with Crippen LogP contribution in [0.2, 0.25) is 0 Å². The fourth-order valence-corrected chi connectivity index (χ4v) is 3.01. The number of hydrogen-bond acceptors (Lipinski definition) is 1. The number of hydrogen-bond donors (Lipinski definition) is 2. The van der Waals surface area contributed by atoms with Gasteiger partial charge in [-0.3, -0.25) is 4.79 Å². The van der Waals surface area contributed by atoms with Gasteiger partial charge in [0.05, 0.1) is 0 Å². The Labute approximate surface area is 110 Å². The smallest absolute Gasteiger partial charge is 0.297 e. The number of aromatic nitrogens is 1. The molecule has 5 heteroatoms. The first kappa shape index (κ1) is 11.8. The molecular weight excluding hydrogens is 240 g/mol. The number of benzene rings is 1. The lowest BCUT2D eigenvalue weighted by Gasteiger charge is -2.12. The molecule has 0 unspecified atom stereocenters. The first-order valence-corrected chi connectivity index (χ1v) is 6.32. The van der Waals surface area contributed by atoms with Gasteiger partial charge in [-0.2, -0.15) is 4.99 Å². The maximum absolute atomic E-state index is 12.2. The van der Waals surface area contributed by atoms with E-state index in [-0.39, 0.29) is 11.9 Å². The molecule has 0 fully saturated rings. The molecule has 4 N–H and O–H groups in total. The number of amides is 1. The monoisotopic (exact) mass is 256 g/mol. The van der Waals surface area contributed by atoms with E-state index in [2.05, 4.69) is 11.1 Å². The van der Waals surface area contributed by atoms with Crippen molar-refractivity contribution in [3.05, 3.63) is 35.0 Å². The first-order valence-electron chi connectivity index (χ1n) is 6.32. The highest BCUT2D eigenvalue weighted by molar-refractivity contribution is 6.07. The third-order valence-electron chi connectivity index (χ3n) is 3.72. The minimum absolute atomic E-state index is 0.196. The third-order valence-corrected chi connectivity index (χ3v) is 3.72. The Hall–Kier alpha value is -2.30. The van der Waals surface area contributed by atoms with Gasteiger partial charge in [0.2, 0.25) is 0 Å². The standard InChI is InChI=1S/C14H16N4O/c1-18-10-7-3-5-8-4-2-6-9(11(8)10)12(18)13(19)17-14(15)16/h3,5,7H,2,4,6H2,1H3,(H4,15,16,17,19). The molecule has 2 aromatic rings. The van der Waals surface area contributed by atoms with Gasteiger partial charge in [-0.25, -0.2) is 0 Å². The molecule has 1 aliphatic carbocycles. The van der Waals surface area contributed by atoms with Crippen LogP contribution in [-0.2, 0) is 19.9 Å². The summed E-state index contributed by atoms with van der Waals surface area (Å²) in [4.78, 5) is 15.9. The number of aliphatic imine (C=N–C) groups is 1. The lowest BCUT2D eigenvalue weighted by Crippen LogP contribution is -2.25. The van der Waals surface area contributed by atoms with Crippen LogP contribution in [0.1, 0.15) is 28.0 Å². The SMILES string of the molecule is Cn1c(C(=O)N=C(N)N)c2c3c(cccc31)CCC2. The Kier molecular flexibility index (Phi) is 2.55. The number of rotatable bonds is 1. The van der Waals surface area contributed by atoms with E-state index in [4.69, 9.17) is 11.5 Å². The van der Waals surface area contributed by atoms with Crippen molar-refractivity contribution in [3.8, 4) is 0 Å². The molecule has 0 spiro atoms. The number of aryl methyl sites for hydroxylation is 3. The topological polar surface area (TPSA) is 86.4 Å². The first-order chi connectivity index (χ1) is 9.09. The predicted molar refractivity (Wildman–Crippen MR) is 75.1 cm³/mol. The van der Waals surface area contributed by atoms with Crippen LogP contribution in [0.25, 0.3) is 10.9 Å². The van der Waals surface area contributed by atoms with Crippen LogP contribution >= 0.6 is 0 Å². The number of nitrogens with two attached hydrogens (primary N) is 2. The highest BCUT2D eigenvalue weighted by Gasteiger charge is 2.24. The molecular formula is C14H16N4O. The largest absolute Gasteiger partial charge is 0.370 e. The number of guanidine groups is 1. The Morgan fingerprint density at radius 2 is 2.11 bits per heavy atom. The molecule has 1 aliphatic rings. The summed E-state index contributed by atoms with van der Waals surface area (Å²) >= 11 is 0. The number of nitrogens with zero attached hydrogens (tertiary/aromatic N) is 2. The van der Waals surface area contributed by atoms with Crippen LogP contribution in [0, 0.1) is 0 Å². The third kappa shape index (κ3) is 1.69. The summed E-state index contributed by atoms with van der Waals surface area (Å²) in [6.07, 6.45) is 3.01. The second kappa shape index (κ2) is 4.12. The molecule has 0 bridgehead atoms. The van der Waals surface area contributed by atoms with E-state index in [9.17, 15) is 4.79 Å². The van der Waals surface area contributed by atoms with Crippen LogP contribution in [0.15, 0.2) is 23.2 Å². The van der Waals surface area contributed by atoms with Crippen molar-refractivity contribution < 1.29 is 4.79 Å². The molecule has 1 heterocycles. The Morgan fingerprint density at radius 3 is 2.84 bits per heavy atom. The number of carbonyl (C=O) groups is 1. The van der Waals surface area contributed by atoms with E-state index in [0.29, 0.717) is 5.69 Å². The summed E-state index contributed by atoms with van der Waals surface area (Å²) in [5, 5.41) is 1.20. The quantitative estimate of drug-likeness (QED) is 0.591. The van der Waals surface area contributed by atoms with Gasteiger partial charge < -0.3 is 16.0 Å². The molecule has 1 aromatic carbocycles. The second-order valence-corrected chi connectivity index (χ2v) is 4.89. The fraction of sp³-hybridized carbons (Fsp3) is 0.286. The Balaban J connectivity index is 2.32. The van der Waals surface area contributed by atoms with Crippen LogP contribution < -0.4 is 11.5 Å². The summed E-state index contributed by atoms with van der Waals surface area (Å²) in [7, 11) is 1.89. The predicted octanol–water partition coefficient (Wildman–Crippen LogP) is 1.08. The van der Waals surface area contributed by atoms with E-state index in [0.717, 1.165) is 30.3 Å². The normalized spacial score (nSPS) is 13.5. The Morgan fingerprint density at radius 1 is 1.32 bits per heavy atom. The van der Waals surface area contributed by atoms with Gasteiger partial charge >= 0.3 is 0 Å². The summed E-state index contributed by atoms with van der Waals surface area (Å²) in [5.41, 5.74) is 14.7. The van der Waals surface area contributed by atoms with Crippen LogP contribution in [-0.4, -0.2) is 16.4 Å². The van der Waals surface area contributed by atoms with Gasteiger partial charge in [0, 0.05) is 18.0 Å². The summed E-state index contributed by atoms with van der Waals surface area (Å²) in [5.74, 6) is -0.556. The molecule has 5 nitrogen and oxygen atoms in total. The van der Waals surface area contributed by atoms with E-state index in [1.807, 2.05) is 23.7 Å². The molecule has 0 radical (unpaired) electrons. The maximum Gasteiger partial charge on any atom is 0.297 e. The van der Waals surface area contributed by atoms with E-state index < -0.39 is 0 Å². The Bertz CT molecular complexity index is 708. The summed E-state index contributed by atoms with van der Waals surface area (Å²) in [6.45, 7) is 0.